The summed E-state index contributed by atoms with van der Waals surface area (Å²) < 4.78 is 68.2. The largest absolute Gasteiger partial charge is 0.573 e. The predicted octanol–water partition coefficient (Wildman–Crippen LogP) is 4.60. The van der Waals surface area contributed by atoms with Crippen LogP contribution in [0.3, 0.4) is 0 Å². The maximum Gasteiger partial charge on any atom is 0.573 e. The molecule has 0 N–H and O–H groups in total. The Morgan fingerprint density at radius 2 is 1.76 bits per heavy atom. The van der Waals surface area contributed by atoms with Gasteiger partial charge in [-0.15, -0.1) is 13.2 Å². The van der Waals surface area contributed by atoms with Crippen LogP contribution in [0.4, 0.5) is 22.0 Å². The maximum absolute atomic E-state index is 13.4. The second-order valence-corrected chi connectivity index (χ2v) is 6.63. The van der Waals surface area contributed by atoms with Crippen molar-refractivity contribution in [2.75, 3.05) is 13.1 Å². The van der Waals surface area contributed by atoms with Crippen LogP contribution < -0.4 is 4.74 Å². The van der Waals surface area contributed by atoms with Crippen LogP contribution >= 0.6 is 0 Å². The molecule has 1 aliphatic rings. The van der Waals surface area contributed by atoms with Crippen molar-refractivity contribution in [2.24, 2.45) is 5.92 Å². The first-order chi connectivity index (χ1) is 13.7. The minimum Gasteiger partial charge on any atom is -0.405 e. The van der Waals surface area contributed by atoms with Gasteiger partial charge in [-0.05, 0) is 43.2 Å². The van der Waals surface area contributed by atoms with E-state index in [4.69, 9.17) is 0 Å². The summed E-state index contributed by atoms with van der Waals surface area (Å²) in [5.74, 6) is -4.76. The maximum atomic E-state index is 13.4. The zero-order valence-electron chi connectivity index (χ0n) is 15.0. The van der Waals surface area contributed by atoms with E-state index in [1.54, 1.807) is 0 Å². The van der Waals surface area contributed by atoms with Crippen molar-refractivity contribution < 1.29 is 36.3 Å². The number of nitrogens with zero attached hydrogens (tertiary/aromatic N) is 1. The lowest BCUT2D eigenvalue weighted by Gasteiger charge is -2.32. The molecule has 1 heterocycles. The van der Waals surface area contributed by atoms with Crippen LogP contribution in [0.2, 0.25) is 0 Å². The standard InChI is InChI=1S/C20H16F5NO3/c21-15-8-7-12(10-16(15)22)19(28)26-9-3-4-13(11-26)18(27)14-5-1-2-6-17(14)29-20(23,24)25/h1-2,5-8,10,13H,3-4,9,11H2. The van der Waals surface area contributed by atoms with Gasteiger partial charge < -0.3 is 9.64 Å². The van der Waals surface area contributed by atoms with Gasteiger partial charge >= 0.3 is 6.36 Å². The molecule has 2 aromatic rings. The van der Waals surface area contributed by atoms with Gasteiger partial charge in [-0.25, -0.2) is 8.78 Å². The minimum atomic E-state index is -4.95. The molecule has 1 atom stereocenters. The van der Waals surface area contributed by atoms with Crippen LogP contribution in [-0.2, 0) is 0 Å². The second-order valence-electron chi connectivity index (χ2n) is 6.63. The molecule has 3 rings (SSSR count). The van der Waals surface area contributed by atoms with E-state index < -0.39 is 41.4 Å². The monoisotopic (exact) mass is 413 g/mol. The number of carbonyl (C=O) groups excluding carboxylic acids is 2. The fraction of sp³-hybridized carbons (Fsp3) is 0.300. The van der Waals surface area contributed by atoms with Crippen LogP contribution in [0, 0.1) is 17.6 Å². The Balaban J connectivity index is 1.78. The number of hydrogen-bond acceptors (Lipinski definition) is 3. The number of ether oxygens (including phenoxy) is 1. The number of ketones is 1. The van der Waals surface area contributed by atoms with Crippen LogP contribution in [0.1, 0.15) is 33.6 Å². The molecule has 0 aliphatic carbocycles. The van der Waals surface area contributed by atoms with E-state index in [2.05, 4.69) is 4.74 Å². The van der Waals surface area contributed by atoms with Gasteiger partial charge in [-0.3, -0.25) is 9.59 Å². The molecule has 1 fully saturated rings. The SMILES string of the molecule is O=C(c1ccccc1OC(F)(F)F)C1CCCN(C(=O)c2ccc(F)c(F)c2)C1. The third-order valence-corrected chi connectivity index (χ3v) is 4.62. The van der Waals surface area contributed by atoms with Crippen molar-refractivity contribution in [1.29, 1.82) is 0 Å². The van der Waals surface area contributed by atoms with Gasteiger partial charge in [0.15, 0.2) is 17.4 Å². The average molecular weight is 413 g/mol. The summed E-state index contributed by atoms with van der Waals surface area (Å²) in [4.78, 5) is 26.7. The Morgan fingerprint density at radius 3 is 2.45 bits per heavy atom. The average Bonchev–Trinajstić information content (AvgIpc) is 2.68. The van der Waals surface area contributed by atoms with E-state index in [-0.39, 0.29) is 17.7 Å². The molecule has 1 aliphatic heterocycles. The van der Waals surface area contributed by atoms with Gasteiger partial charge in [-0.1, -0.05) is 12.1 Å². The van der Waals surface area contributed by atoms with E-state index in [9.17, 15) is 31.5 Å². The number of halogens is 5. The summed E-state index contributed by atoms with van der Waals surface area (Å²) >= 11 is 0. The number of amides is 1. The molecular formula is C20H16F5NO3. The van der Waals surface area contributed by atoms with Gasteiger partial charge in [0.25, 0.3) is 5.91 Å². The molecule has 4 nitrogen and oxygen atoms in total. The smallest absolute Gasteiger partial charge is 0.405 e. The first-order valence-corrected chi connectivity index (χ1v) is 8.79. The Hall–Kier alpha value is -2.97. The molecule has 9 heteroatoms. The minimum absolute atomic E-state index is 0.0446. The lowest BCUT2D eigenvalue weighted by Crippen LogP contribution is -2.42. The molecule has 1 amide bonds. The first-order valence-electron chi connectivity index (χ1n) is 8.79. The van der Waals surface area contributed by atoms with E-state index in [0.717, 1.165) is 24.3 Å². The van der Waals surface area contributed by atoms with E-state index >= 15 is 0 Å². The predicted molar refractivity (Wildman–Crippen MR) is 92.4 cm³/mol. The summed E-state index contributed by atoms with van der Waals surface area (Å²) in [7, 11) is 0. The number of alkyl halides is 3. The van der Waals surface area contributed by atoms with Crippen molar-refractivity contribution >= 4 is 11.7 Å². The summed E-state index contributed by atoms with van der Waals surface area (Å²) in [6, 6.07) is 7.77. The Kier molecular flexibility index (Phi) is 5.86. The Bertz CT molecular complexity index is 929. The van der Waals surface area contributed by atoms with Gasteiger partial charge in [0.05, 0.1) is 5.56 Å². The van der Waals surface area contributed by atoms with E-state index in [1.165, 1.54) is 23.1 Å². The normalized spacial score (nSPS) is 17.1. The molecule has 0 bridgehead atoms. The number of carbonyl (C=O) groups is 2. The Morgan fingerprint density at radius 1 is 1.03 bits per heavy atom. The first kappa shape index (κ1) is 20.8. The molecule has 0 spiro atoms. The van der Waals surface area contributed by atoms with Crippen molar-refractivity contribution in [3.05, 3.63) is 65.2 Å². The van der Waals surface area contributed by atoms with Crippen molar-refractivity contribution in [2.45, 2.75) is 19.2 Å². The number of benzene rings is 2. The third-order valence-electron chi connectivity index (χ3n) is 4.62. The molecule has 2 aromatic carbocycles. The number of piperidine rings is 1. The van der Waals surface area contributed by atoms with Gasteiger partial charge in [0.2, 0.25) is 0 Å². The number of rotatable bonds is 4. The highest BCUT2D eigenvalue weighted by Crippen LogP contribution is 2.30. The lowest BCUT2D eigenvalue weighted by molar-refractivity contribution is -0.274. The quantitative estimate of drug-likeness (QED) is 0.544. The summed E-state index contributed by atoms with van der Waals surface area (Å²) in [5.41, 5.74) is -0.297. The van der Waals surface area contributed by atoms with Crippen molar-refractivity contribution in [3.63, 3.8) is 0 Å². The van der Waals surface area contributed by atoms with E-state index in [1.807, 2.05) is 0 Å². The van der Waals surface area contributed by atoms with Gasteiger partial charge in [0.1, 0.15) is 5.75 Å². The molecule has 0 saturated carbocycles. The van der Waals surface area contributed by atoms with Crippen LogP contribution in [0.5, 0.6) is 5.75 Å². The molecular weight excluding hydrogens is 397 g/mol. The third kappa shape index (κ3) is 4.90. The van der Waals surface area contributed by atoms with Crippen LogP contribution in [-0.4, -0.2) is 36.0 Å². The second kappa shape index (κ2) is 8.18. The van der Waals surface area contributed by atoms with Crippen molar-refractivity contribution in [3.8, 4) is 5.75 Å². The Labute approximate surface area is 162 Å². The zero-order chi connectivity index (χ0) is 21.2. The molecule has 0 radical (unpaired) electrons. The number of likely N-dealkylation sites (tertiary alicyclic amines) is 1. The van der Waals surface area contributed by atoms with Crippen LogP contribution in [0.15, 0.2) is 42.5 Å². The molecule has 1 saturated heterocycles. The van der Waals surface area contributed by atoms with Crippen LogP contribution in [0.25, 0.3) is 0 Å². The zero-order valence-corrected chi connectivity index (χ0v) is 15.0. The van der Waals surface area contributed by atoms with Crippen molar-refractivity contribution in [1.82, 2.24) is 4.90 Å². The molecule has 0 aromatic heterocycles. The van der Waals surface area contributed by atoms with Gasteiger partial charge in [0, 0.05) is 24.6 Å². The summed E-state index contributed by atoms with van der Waals surface area (Å²) in [5, 5.41) is 0. The number of hydrogen-bond donors (Lipinski definition) is 0. The molecule has 29 heavy (non-hydrogen) atoms. The molecule has 1 unspecified atom stereocenters. The highest BCUT2D eigenvalue weighted by atomic mass is 19.4. The summed E-state index contributed by atoms with van der Waals surface area (Å²) in [6.07, 6.45) is -4.13. The molecule has 154 valence electrons. The number of para-hydroxylation sites is 1. The van der Waals surface area contributed by atoms with E-state index in [0.29, 0.717) is 19.4 Å². The highest BCUT2D eigenvalue weighted by Gasteiger charge is 2.35. The number of Topliss-reactive ketones (excluding diaryl/α,β-unsaturated/α-hetero) is 1. The topological polar surface area (TPSA) is 46.6 Å². The fourth-order valence-corrected chi connectivity index (χ4v) is 3.29. The van der Waals surface area contributed by atoms with Gasteiger partial charge in [-0.2, -0.15) is 0 Å². The fourth-order valence-electron chi connectivity index (χ4n) is 3.29. The lowest BCUT2D eigenvalue weighted by atomic mass is 9.89. The highest BCUT2D eigenvalue weighted by molar-refractivity contribution is 6.01. The summed E-state index contributed by atoms with van der Waals surface area (Å²) in [6.45, 7) is 0.249.